The molecule has 0 spiro atoms. The molecule has 35 heavy (non-hydrogen) atoms. The second kappa shape index (κ2) is 10.7. The molecule has 1 unspecified atom stereocenters. The number of hydrogen-bond donors (Lipinski definition) is 1. The second-order valence-corrected chi connectivity index (χ2v) is 10.5. The van der Waals surface area contributed by atoms with Gasteiger partial charge in [0.1, 0.15) is 11.4 Å². The van der Waals surface area contributed by atoms with E-state index in [0.29, 0.717) is 35.4 Å². The lowest BCUT2D eigenvalue weighted by Crippen LogP contribution is -2.45. The van der Waals surface area contributed by atoms with E-state index in [1.807, 2.05) is 19.1 Å². The first kappa shape index (κ1) is 27.2. The highest BCUT2D eigenvalue weighted by molar-refractivity contribution is 6.40. The fourth-order valence-electron chi connectivity index (χ4n) is 4.37. The van der Waals surface area contributed by atoms with E-state index in [4.69, 9.17) is 21.0 Å². The van der Waals surface area contributed by atoms with Gasteiger partial charge in [0.15, 0.2) is 0 Å². The van der Waals surface area contributed by atoms with Crippen LogP contribution in [-0.4, -0.2) is 47.3 Å². The summed E-state index contributed by atoms with van der Waals surface area (Å²) in [6, 6.07) is 11.2. The summed E-state index contributed by atoms with van der Waals surface area (Å²) >= 11 is 6.03. The Kier molecular flexibility index (Phi) is 8.30. The van der Waals surface area contributed by atoms with E-state index in [9.17, 15) is 19.0 Å². The molecule has 1 heterocycles. The lowest BCUT2D eigenvalue weighted by Gasteiger charge is -2.28. The molecule has 0 aromatic heterocycles. The van der Waals surface area contributed by atoms with Gasteiger partial charge in [0.25, 0.3) is 0 Å². The molecule has 1 N–H and O–H groups in total. The molecular formula is C26H32BClFNO5. The van der Waals surface area contributed by atoms with Crippen molar-refractivity contribution < 1.29 is 28.4 Å². The predicted molar refractivity (Wildman–Crippen MR) is 135 cm³/mol. The maximum absolute atomic E-state index is 14.3. The Morgan fingerprint density at radius 2 is 1.91 bits per heavy atom. The minimum Gasteiger partial charge on any atom is -0.443 e. The first-order chi connectivity index (χ1) is 16.3. The summed E-state index contributed by atoms with van der Waals surface area (Å²) in [6.45, 7) is 8.60. The standard InChI is InChI=1S/C26H32BClFNO5/c1-6-26(16-34-27(5)33)15-20(30(23(26)31)24(32)35-25(2,3)4)13-17-7-9-18(10-8-17)21-14-19(28)11-12-22(21)29/h7-12,14,20,33H,6,13,15-16H2,1-5H3/t20-,26?/m1/s1. The van der Waals surface area contributed by atoms with Crippen LogP contribution in [0.2, 0.25) is 11.8 Å². The third-order valence-electron chi connectivity index (χ3n) is 6.20. The van der Waals surface area contributed by atoms with Gasteiger partial charge in [-0.25, -0.2) is 14.1 Å². The molecule has 3 rings (SSSR count). The molecular weight excluding hydrogens is 472 g/mol. The van der Waals surface area contributed by atoms with Crippen LogP contribution < -0.4 is 0 Å². The van der Waals surface area contributed by atoms with Gasteiger partial charge >= 0.3 is 13.2 Å². The Morgan fingerprint density at radius 3 is 2.49 bits per heavy atom. The van der Waals surface area contributed by atoms with E-state index >= 15 is 0 Å². The molecule has 9 heteroatoms. The molecule has 2 atom stereocenters. The molecule has 0 aliphatic carbocycles. The van der Waals surface area contributed by atoms with Crippen LogP contribution in [0.3, 0.4) is 0 Å². The number of carbonyl (C=O) groups is 2. The Balaban J connectivity index is 1.88. The second-order valence-electron chi connectivity index (χ2n) is 10.1. The number of halogens is 2. The van der Waals surface area contributed by atoms with Crippen LogP contribution in [0.5, 0.6) is 0 Å². The van der Waals surface area contributed by atoms with Gasteiger partial charge in [-0.1, -0.05) is 42.8 Å². The van der Waals surface area contributed by atoms with E-state index in [1.165, 1.54) is 23.9 Å². The summed E-state index contributed by atoms with van der Waals surface area (Å²) in [6.07, 6.45) is 0.525. The van der Waals surface area contributed by atoms with Crippen LogP contribution in [0, 0.1) is 11.2 Å². The van der Waals surface area contributed by atoms with Crippen LogP contribution in [0.4, 0.5) is 9.18 Å². The summed E-state index contributed by atoms with van der Waals surface area (Å²) in [7, 11) is -1.03. The first-order valence-corrected chi connectivity index (χ1v) is 12.1. The van der Waals surface area contributed by atoms with Gasteiger partial charge in [0.05, 0.1) is 5.41 Å². The molecule has 0 saturated carbocycles. The third kappa shape index (κ3) is 6.43. The molecule has 188 valence electrons. The van der Waals surface area contributed by atoms with Crippen LogP contribution in [0.1, 0.15) is 46.1 Å². The van der Waals surface area contributed by atoms with E-state index in [-0.39, 0.29) is 18.3 Å². The number of likely N-dealkylation sites (tertiary alicyclic amines) is 1. The minimum atomic E-state index is -1.03. The molecule has 2 aromatic carbocycles. The summed E-state index contributed by atoms with van der Waals surface area (Å²) in [5, 5.41) is 10.1. The van der Waals surface area contributed by atoms with E-state index < -0.39 is 30.3 Å². The number of nitrogens with zero attached hydrogens (tertiary/aromatic N) is 1. The van der Waals surface area contributed by atoms with Gasteiger partial charge in [-0.2, -0.15) is 0 Å². The van der Waals surface area contributed by atoms with Gasteiger partial charge in [-0.05, 0) is 76.2 Å². The van der Waals surface area contributed by atoms with Gasteiger partial charge in [0.2, 0.25) is 5.91 Å². The number of carbonyl (C=O) groups excluding carboxylic acids is 2. The molecule has 0 bridgehead atoms. The van der Waals surface area contributed by atoms with Crippen LogP contribution in [0.25, 0.3) is 11.1 Å². The highest BCUT2D eigenvalue weighted by Crippen LogP contribution is 2.41. The number of imide groups is 1. The predicted octanol–water partition coefficient (Wildman–Crippen LogP) is 5.75. The topological polar surface area (TPSA) is 76.1 Å². The maximum atomic E-state index is 14.3. The number of ether oxygens (including phenoxy) is 1. The normalized spacial score (nSPS) is 20.3. The van der Waals surface area contributed by atoms with Crippen LogP contribution in [0.15, 0.2) is 42.5 Å². The van der Waals surface area contributed by atoms with Crippen molar-refractivity contribution in [2.45, 2.75) is 65.4 Å². The summed E-state index contributed by atoms with van der Waals surface area (Å²) < 4.78 is 25.2. The zero-order valence-corrected chi connectivity index (χ0v) is 21.6. The highest BCUT2D eigenvalue weighted by Gasteiger charge is 2.54. The molecule has 1 fully saturated rings. The Labute approximate surface area is 211 Å². The zero-order valence-electron chi connectivity index (χ0n) is 20.8. The van der Waals surface area contributed by atoms with E-state index in [1.54, 1.807) is 39.0 Å². The van der Waals surface area contributed by atoms with Crippen molar-refractivity contribution in [3.8, 4) is 11.1 Å². The summed E-state index contributed by atoms with van der Waals surface area (Å²) in [5.41, 5.74) is 0.246. The maximum Gasteiger partial charge on any atom is 0.450 e. The van der Waals surface area contributed by atoms with Gasteiger partial charge < -0.3 is 14.4 Å². The lowest BCUT2D eigenvalue weighted by molar-refractivity contribution is -0.137. The quantitative estimate of drug-likeness (QED) is 0.487. The van der Waals surface area contributed by atoms with Crippen molar-refractivity contribution in [2.24, 2.45) is 5.41 Å². The summed E-state index contributed by atoms with van der Waals surface area (Å²) in [4.78, 5) is 27.8. The molecule has 1 aliphatic heterocycles. The van der Waals surface area contributed by atoms with Crippen molar-refractivity contribution in [2.75, 3.05) is 6.61 Å². The molecule has 1 aliphatic rings. The fourth-order valence-corrected chi connectivity index (χ4v) is 4.54. The third-order valence-corrected chi connectivity index (χ3v) is 6.43. The molecule has 2 aromatic rings. The number of hydrogen-bond acceptors (Lipinski definition) is 5. The molecule has 1 saturated heterocycles. The van der Waals surface area contributed by atoms with Crippen molar-refractivity contribution in [1.29, 1.82) is 0 Å². The van der Waals surface area contributed by atoms with Crippen LogP contribution in [-0.2, 0) is 20.6 Å². The monoisotopic (exact) mass is 503 g/mol. The zero-order chi connectivity index (χ0) is 26.0. The molecule has 0 radical (unpaired) electrons. The Morgan fingerprint density at radius 1 is 1.26 bits per heavy atom. The van der Waals surface area contributed by atoms with Gasteiger partial charge in [-0.3, -0.25) is 4.79 Å². The smallest absolute Gasteiger partial charge is 0.443 e. The largest absolute Gasteiger partial charge is 0.450 e. The molecule has 6 nitrogen and oxygen atoms in total. The average Bonchev–Trinajstić information content (AvgIpc) is 3.05. The van der Waals surface area contributed by atoms with Crippen molar-refractivity contribution in [3.63, 3.8) is 0 Å². The highest BCUT2D eigenvalue weighted by atomic mass is 35.5. The van der Waals surface area contributed by atoms with Gasteiger partial charge in [-0.15, -0.1) is 0 Å². The van der Waals surface area contributed by atoms with E-state index in [2.05, 4.69) is 0 Å². The van der Waals surface area contributed by atoms with Gasteiger partial charge in [0, 0.05) is 23.2 Å². The SMILES string of the molecule is CCC1(COB(C)O)C[C@@H](Cc2ccc(-c3cc(Cl)ccc3F)cc2)N(C(=O)OC(C)(C)C)C1=O. The fraction of sp³-hybridized carbons (Fsp3) is 0.462. The Bertz CT molecular complexity index is 1070. The van der Waals surface area contributed by atoms with Crippen molar-refractivity contribution in [1.82, 2.24) is 4.90 Å². The lowest BCUT2D eigenvalue weighted by atomic mass is 9.81. The minimum absolute atomic E-state index is 0.00276. The Hall–Kier alpha value is -2.42. The van der Waals surface area contributed by atoms with Crippen molar-refractivity contribution in [3.05, 3.63) is 58.9 Å². The van der Waals surface area contributed by atoms with Crippen LogP contribution >= 0.6 is 11.6 Å². The number of benzene rings is 2. The first-order valence-electron chi connectivity index (χ1n) is 11.8. The van der Waals surface area contributed by atoms with Crippen molar-refractivity contribution >= 4 is 30.7 Å². The van der Waals surface area contributed by atoms with E-state index in [0.717, 1.165) is 5.56 Å². The number of rotatable bonds is 7. The summed E-state index contributed by atoms with van der Waals surface area (Å²) in [5.74, 6) is -0.733. The number of amides is 2. The average molecular weight is 504 g/mol. The molecule has 2 amide bonds.